The summed E-state index contributed by atoms with van der Waals surface area (Å²) in [6.45, 7) is 3.08. The van der Waals surface area contributed by atoms with Gasteiger partial charge in [0.1, 0.15) is 5.82 Å². The summed E-state index contributed by atoms with van der Waals surface area (Å²) >= 11 is 1.23. The van der Waals surface area contributed by atoms with Crippen molar-refractivity contribution in [3.63, 3.8) is 0 Å². The maximum absolute atomic E-state index is 13.0. The lowest BCUT2D eigenvalue weighted by Crippen LogP contribution is -2.55. The van der Waals surface area contributed by atoms with E-state index in [-0.39, 0.29) is 12.4 Å². The van der Waals surface area contributed by atoms with E-state index in [0.717, 1.165) is 16.0 Å². The van der Waals surface area contributed by atoms with Crippen molar-refractivity contribution in [2.24, 2.45) is 0 Å². The molecule has 1 aromatic heterocycles. The van der Waals surface area contributed by atoms with E-state index in [0.29, 0.717) is 4.88 Å². The highest BCUT2D eigenvalue weighted by Crippen LogP contribution is 2.32. The van der Waals surface area contributed by atoms with Crippen molar-refractivity contribution in [1.82, 2.24) is 5.32 Å². The first kappa shape index (κ1) is 18.1. The zero-order valence-electron chi connectivity index (χ0n) is 13.6. The van der Waals surface area contributed by atoms with Crippen molar-refractivity contribution < 1.29 is 23.8 Å². The van der Waals surface area contributed by atoms with Gasteiger partial charge in [0.2, 0.25) is 0 Å². The molecule has 24 heavy (non-hydrogen) atoms. The molecule has 5 nitrogen and oxygen atoms in total. The van der Waals surface area contributed by atoms with Crippen LogP contribution < -0.4 is 5.32 Å². The number of carboxylic acids is 1. The van der Waals surface area contributed by atoms with Crippen LogP contribution in [-0.2, 0) is 9.53 Å². The van der Waals surface area contributed by atoms with Gasteiger partial charge in [0.05, 0.1) is 11.5 Å². The Kier molecular flexibility index (Phi) is 5.36. The maximum Gasteiger partial charge on any atom is 0.331 e. The van der Waals surface area contributed by atoms with E-state index in [1.54, 1.807) is 18.2 Å². The summed E-state index contributed by atoms with van der Waals surface area (Å²) in [5.41, 5.74) is 0.149. The summed E-state index contributed by atoms with van der Waals surface area (Å²) in [6.07, 6.45) is 0. The Balaban J connectivity index is 2.27. The van der Waals surface area contributed by atoms with Gasteiger partial charge in [-0.2, -0.15) is 0 Å². The smallest absolute Gasteiger partial charge is 0.331 e. The van der Waals surface area contributed by atoms with Crippen molar-refractivity contribution >= 4 is 23.2 Å². The minimum Gasteiger partial charge on any atom is -0.479 e. The van der Waals surface area contributed by atoms with Gasteiger partial charge >= 0.3 is 5.97 Å². The Morgan fingerprint density at radius 3 is 2.50 bits per heavy atom. The van der Waals surface area contributed by atoms with Crippen LogP contribution in [0, 0.1) is 12.7 Å². The number of amides is 1. The average Bonchev–Trinajstić information content (AvgIpc) is 2.90. The highest BCUT2D eigenvalue weighted by atomic mass is 32.1. The quantitative estimate of drug-likeness (QED) is 0.839. The lowest BCUT2D eigenvalue weighted by Gasteiger charge is -2.24. The number of hydrogen-bond donors (Lipinski definition) is 2. The van der Waals surface area contributed by atoms with Crippen LogP contribution in [0.1, 0.15) is 22.2 Å². The number of carbonyl (C=O) groups is 2. The molecule has 0 radical (unpaired) electrons. The summed E-state index contributed by atoms with van der Waals surface area (Å²) in [5, 5.41) is 11.8. The first-order valence-electron chi connectivity index (χ1n) is 7.18. The van der Waals surface area contributed by atoms with E-state index in [4.69, 9.17) is 4.74 Å². The molecule has 0 aliphatic heterocycles. The molecule has 1 atom stereocenters. The molecule has 0 aliphatic rings. The normalized spacial score (nSPS) is 13.3. The van der Waals surface area contributed by atoms with Gasteiger partial charge in [-0.05, 0) is 43.2 Å². The number of aliphatic carboxylic acids is 1. The van der Waals surface area contributed by atoms with E-state index in [2.05, 4.69) is 5.32 Å². The first-order chi connectivity index (χ1) is 11.3. The summed E-state index contributed by atoms with van der Waals surface area (Å²) in [4.78, 5) is 25.0. The number of benzene rings is 1. The lowest BCUT2D eigenvalue weighted by molar-refractivity contribution is -0.145. The predicted molar refractivity (Wildman–Crippen MR) is 89.8 cm³/mol. The molecule has 2 aromatic rings. The molecule has 0 spiro atoms. The Morgan fingerprint density at radius 2 is 1.96 bits per heavy atom. The summed E-state index contributed by atoms with van der Waals surface area (Å²) in [7, 11) is 1.37. The Hall–Kier alpha value is -2.25. The van der Waals surface area contributed by atoms with Crippen molar-refractivity contribution in [1.29, 1.82) is 0 Å². The highest BCUT2D eigenvalue weighted by Gasteiger charge is 2.35. The fourth-order valence-corrected chi connectivity index (χ4v) is 3.31. The van der Waals surface area contributed by atoms with Crippen molar-refractivity contribution in [3.05, 3.63) is 46.6 Å². The fraction of sp³-hybridized carbons (Fsp3) is 0.294. The van der Waals surface area contributed by atoms with E-state index in [1.807, 2.05) is 6.92 Å². The molecule has 128 valence electrons. The maximum atomic E-state index is 13.0. The van der Waals surface area contributed by atoms with E-state index in [9.17, 15) is 19.1 Å². The number of nitrogens with one attached hydrogen (secondary N) is 1. The van der Waals surface area contributed by atoms with Crippen LogP contribution in [0.25, 0.3) is 10.4 Å². The van der Waals surface area contributed by atoms with Gasteiger partial charge < -0.3 is 15.2 Å². The van der Waals surface area contributed by atoms with E-state index >= 15 is 0 Å². The molecule has 1 heterocycles. The second-order valence-electron chi connectivity index (χ2n) is 5.65. The number of halogens is 1. The molecule has 2 rings (SSSR count). The second-order valence-corrected chi connectivity index (χ2v) is 6.71. The van der Waals surface area contributed by atoms with Crippen LogP contribution in [0.15, 0.2) is 30.3 Å². The predicted octanol–water partition coefficient (Wildman–Crippen LogP) is 3.08. The van der Waals surface area contributed by atoms with Gasteiger partial charge in [-0.25, -0.2) is 9.18 Å². The van der Waals surface area contributed by atoms with Gasteiger partial charge in [0.25, 0.3) is 5.91 Å². The third-order valence-corrected chi connectivity index (χ3v) is 4.83. The van der Waals surface area contributed by atoms with Gasteiger partial charge in [-0.1, -0.05) is 12.1 Å². The number of rotatable bonds is 6. The fourth-order valence-electron chi connectivity index (χ4n) is 2.23. The van der Waals surface area contributed by atoms with Crippen LogP contribution in [-0.4, -0.2) is 36.2 Å². The molecule has 0 saturated heterocycles. The monoisotopic (exact) mass is 351 g/mol. The van der Waals surface area contributed by atoms with Gasteiger partial charge in [0, 0.05) is 12.0 Å². The lowest BCUT2D eigenvalue weighted by atomic mass is 10.0. The van der Waals surface area contributed by atoms with Gasteiger partial charge in [-0.3, -0.25) is 4.79 Å². The third-order valence-electron chi connectivity index (χ3n) is 3.54. The Labute approximate surface area is 143 Å². The highest BCUT2D eigenvalue weighted by molar-refractivity contribution is 7.17. The number of methoxy groups -OCH3 is 1. The largest absolute Gasteiger partial charge is 0.479 e. The SMILES string of the molecule is COCC(C)(NC(=O)c1cc(C)c(-c2ccc(F)cc2)s1)C(=O)O. The van der Waals surface area contributed by atoms with E-state index in [1.165, 1.54) is 37.5 Å². The molecule has 0 saturated carbocycles. The number of ether oxygens (including phenoxy) is 1. The molecular formula is C17H18FNO4S. The number of thiophene rings is 1. The van der Waals surface area contributed by atoms with Crippen LogP contribution in [0.5, 0.6) is 0 Å². The topological polar surface area (TPSA) is 75.6 Å². The third kappa shape index (κ3) is 3.80. The standard InChI is InChI=1S/C17H18FNO4S/c1-10-8-13(15(20)19-17(2,9-23-3)16(21)22)24-14(10)11-4-6-12(18)7-5-11/h4-8H,9H2,1-3H3,(H,19,20)(H,21,22). The molecule has 0 aliphatic carbocycles. The molecule has 1 aromatic carbocycles. The Bertz CT molecular complexity index is 756. The number of carbonyl (C=O) groups excluding carboxylic acids is 1. The van der Waals surface area contributed by atoms with Crippen LogP contribution in [0.4, 0.5) is 4.39 Å². The molecule has 1 amide bonds. The van der Waals surface area contributed by atoms with Gasteiger partial charge in [-0.15, -0.1) is 11.3 Å². The number of hydrogen-bond acceptors (Lipinski definition) is 4. The summed E-state index contributed by atoms with van der Waals surface area (Å²) < 4.78 is 17.9. The number of aryl methyl sites for hydroxylation is 1. The van der Waals surface area contributed by atoms with Gasteiger partial charge in [0.15, 0.2) is 5.54 Å². The Morgan fingerprint density at radius 1 is 1.33 bits per heavy atom. The van der Waals surface area contributed by atoms with Crippen LogP contribution in [0.2, 0.25) is 0 Å². The summed E-state index contributed by atoms with van der Waals surface area (Å²) in [6, 6.07) is 7.68. The molecule has 1 unspecified atom stereocenters. The minimum atomic E-state index is -1.51. The molecule has 0 bridgehead atoms. The molecule has 2 N–H and O–H groups in total. The van der Waals surface area contributed by atoms with E-state index < -0.39 is 17.4 Å². The van der Waals surface area contributed by atoms with Crippen molar-refractivity contribution in [2.45, 2.75) is 19.4 Å². The molecule has 0 fully saturated rings. The minimum absolute atomic E-state index is 0.150. The van der Waals surface area contributed by atoms with Crippen molar-refractivity contribution in [3.8, 4) is 10.4 Å². The zero-order valence-corrected chi connectivity index (χ0v) is 14.4. The molecular weight excluding hydrogens is 333 g/mol. The second kappa shape index (κ2) is 7.11. The average molecular weight is 351 g/mol. The molecule has 7 heteroatoms. The van der Waals surface area contributed by atoms with Crippen molar-refractivity contribution in [2.75, 3.05) is 13.7 Å². The zero-order chi connectivity index (χ0) is 17.9. The summed E-state index contributed by atoms with van der Waals surface area (Å²) in [5.74, 6) is -1.99. The van der Waals surface area contributed by atoms with Crippen LogP contribution >= 0.6 is 11.3 Å². The first-order valence-corrected chi connectivity index (χ1v) is 7.99. The number of carboxylic acid groups (broad SMARTS) is 1. The van der Waals surface area contributed by atoms with Crippen LogP contribution in [0.3, 0.4) is 0 Å².